The van der Waals surface area contributed by atoms with Crippen LogP contribution in [0.2, 0.25) is 0 Å². The van der Waals surface area contributed by atoms with Crippen molar-refractivity contribution in [3.63, 3.8) is 0 Å². The van der Waals surface area contributed by atoms with Crippen molar-refractivity contribution in [3.05, 3.63) is 34.1 Å². The molecule has 1 aromatic rings. The van der Waals surface area contributed by atoms with Gasteiger partial charge < -0.3 is 4.90 Å². The van der Waals surface area contributed by atoms with Crippen LogP contribution in [0, 0.1) is 5.82 Å². The van der Waals surface area contributed by atoms with Crippen LogP contribution in [0.25, 0.3) is 0 Å². The summed E-state index contributed by atoms with van der Waals surface area (Å²) in [5.74, 6) is 0.0584. The maximum absolute atomic E-state index is 13.1. The van der Waals surface area contributed by atoms with Crippen molar-refractivity contribution >= 4 is 21.8 Å². The second-order valence-corrected chi connectivity index (χ2v) is 7.23. The molecule has 2 heterocycles. The summed E-state index contributed by atoms with van der Waals surface area (Å²) in [6.45, 7) is 6.93. The zero-order valence-electron chi connectivity index (χ0n) is 13.3. The first kappa shape index (κ1) is 16.9. The number of carbonyl (C=O) groups is 1. The van der Waals surface area contributed by atoms with Gasteiger partial charge in [0.1, 0.15) is 5.82 Å². The second-order valence-electron chi connectivity index (χ2n) is 6.38. The minimum atomic E-state index is -0.217. The molecule has 0 atom stereocenters. The van der Waals surface area contributed by atoms with Crippen LogP contribution in [0.15, 0.2) is 22.7 Å². The highest BCUT2D eigenvalue weighted by atomic mass is 79.9. The van der Waals surface area contributed by atoms with Crippen LogP contribution in [0.3, 0.4) is 0 Å². The molecule has 4 nitrogen and oxygen atoms in total. The van der Waals surface area contributed by atoms with Crippen molar-refractivity contribution in [1.82, 2.24) is 14.7 Å². The molecule has 23 heavy (non-hydrogen) atoms. The lowest BCUT2D eigenvalue weighted by Crippen LogP contribution is -2.49. The maximum Gasteiger partial charge on any atom is 0.236 e. The van der Waals surface area contributed by atoms with Gasteiger partial charge in [0.2, 0.25) is 5.91 Å². The lowest BCUT2D eigenvalue weighted by molar-refractivity contribution is -0.131. The summed E-state index contributed by atoms with van der Waals surface area (Å²) in [6, 6.07) is 4.86. The van der Waals surface area contributed by atoms with Crippen molar-refractivity contribution in [2.24, 2.45) is 0 Å². The van der Waals surface area contributed by atoms with E-state index in [-0.39, 0.29) is 11.7 Å². The topological polar surface area (TPSA) is 26.8 Å². The normalized spacial score (nSPS) is 20.2. The second kappa shape index (κ2) is 7.73. The molecular formula is C17H23BrFN3O. The molecule has 0 bridgehead atoms. The Morgan fingerprint density at radius 3 is 2.35 bits per heavy atom. The quantitative estimate of drug-likeness (QED) is 0.798. The molecule has 0 saturated carbocycles. The fourth-order valence-corrected chi connectivity index (χ4v) is 3.73. The van der Waals surface area contributed by atoms with Gasteiger partial charge in [0, 0.05) is 50.3 Å². The predicted octanol–water partition coefficient (Wildman–Crippen LogP) is 2.33. The van der Waals surface area contributed by atoms with E-state index in [1.54, 1.807) is 0 Å². The molecule has 126 valence electrons. The number of benzene rings is 1. The summed E-state index contributed by atoms with van der Waals surface area (Å²) in [6.07, 6.45) is 2.29. The van der Waals surface area contributed by atoms with E-state index < -0.39 is 0 Å². The zero-order valence-corrected chi connectivity index (χ0v) is 14.9. The Hall–Kier alpha value is -0.980. The van der Waals surface area contributed by atoms with Gasteiger partial charge in [0.05, 0.1) is 6.54 Å². The third-order valence-corrected chi connectivity index (χ3v) is 5.43. The van der Waals surface area contributed by atoms with Crippen LogP contribution in [-0.2, 0) is 11.3 Å². The van der Waals surface area contributed by atoms with Gasteiger partial charge in [-0.1, -0.05) is 22.0 Å². The van der Waals surface area contributed by atoms with Gasteiger partial charge in [-0.05, 0) is 30.5 Å². The van der Waals surface area contributed by atoms with E-state index in [1.807, 2.05) is 11.0 Å². The Balaban J connectivity index is 1.45. The number of hydrogen-bond acceptors (Lipinski definition) is 3. The Morgan fingerprint density at radius 1 is 1.04 bits per heavy atom. The Labute approximate surface area is 145 Å². The number of amides is 1. The van der Waals surface area contributed by atoms with Gasteiger partial charge in [-0.2, -0.15) is 0 Å². The van der Waals surface area contributed by atoms with Crippen molar-refractivity contribution in [1.29, 1.82) is 0 Å². The molecule has 2 saturated heterocycles. The molecule has 2 aliphatic heterocycles. The molecule has 2 fully saturated rings. The molecular weight excluding hydrogens is 361 g/mol. The minimum absolute atomic E-state index is 0.217. The Kier molecular flexibility index (Phi) is 5.67. The molecule has 0 spiro atoms. The monoisotopic (exact) mass is 383 g/mol. The molecule has 0 radical (unpaired) electrons. The average Bonchev–Trinajstić information content (AvgIpc) is 3.06. The van der Waals surface area contributed by atoms with E-state index in [0.29, 0.717) is 6.54 Å². The molecule has 0 unspecified atom stereocenters. The van der Waals surface area contributed by atoms with Gasteiger partial charge >= 0.3 is 0 Å². The summed E-state index contributed by atoms with van der Waals surface area (Å²) in [4.78, 5) is 18.8. The standard InChI is InChI=1S/C17H23BrFN3O/c18-16-11-15(19)4-3-14(16)12-20-7-9-21(10-8-20)13-17(23)22-5-1-2-6-22/h3-4,11H,1-2,5-10,12-13H2. The first-order chi connectivity index (χ1) is 11.1. The van der Waals surface area contributed by atoms with Crippen LogP contribution in [-0.4, -0.2) is 66.4 Å². The fraction of sp³-hybridized carbons (Fsp3) is 0.588. The highest BCUT2D eigenvalue weighted by Gasteiger charge is 2.23. The number of halogens is 2. The van der Waals surface area contributed by atoms with E-state index in [1.165, 1.54) is 12.1 Å². The average molecular weight is 384 g/mol. The highest BCUT2D eigenvalue weighted by molar-refractivity contribution is 9.10. The third-order valence-electron chi connectivity index (χ3n) is 4.69. The van der Waals surface area contributed by atoms with Gasteiger partial charge in [-0.15, -0.1) is 0 Å². The SMILES string of the molecule is O=C(CN1CCN(Cc2ccc(F)cc2Br)CC1)N1CCCC1. The predicted molar refractivity (Wildman–Crippen MR) is 91.6 cm³/mol. The highest BCUT2D eigenvalue weighted by Crippen LogP contribution is 2.20. The molecule has 0 N–H and O–H groups in total. The molecule has 6 heteroatoms. The number of hydrogen-bond donors (Lipinski definition) is 0. The zero-order chi connectivity index (χ0) is 16.2. The molecule has 0 aromatic heterocycles. The molecule has 1 amide bonds. The van der Waals surface area contributed by atoms with E-state index in [0.717, 1.165) is 68.7 Å². The van der Waals surface area contributed by atoms with E-state index in [2.05, 4.69) is 25.7 Å². The number of likely N-dealkylation sites (tertiary alicyclic amines) is 1. The maximum atomic E-state index is 13.1. The Bertz CT molecular complexity index is 555. The molecule has 0 aliphatic carbocycles. The summed E-state index contributed by atoms with van der Waals surface area (Å²) in [7, 11) is 0. The van der Waals surface area contributed by atoms with Gasteiger partial charge in [-0.3, -0.25) is 14.6 Å². The first-order valence-electron chi connectivity index (χ1n) is 8.28. The summed E-state index contributed by atoms with van der Waals surface area (Å²) >= 11 is 3.43. The first-order valence-corrected chi connectivity index (χ1v) is 9.07. The van der Waals surface area contributed by atoms with Crippen molar-refractivity contribution in [2.75, 3.05) is 45.8 Å². The van der Waals surface area contributed by atoms with Crippen molar-refractivity contribution in [3.8, 4) is 0 Å². The van der Waals surface area contributed by atoms with Crippen LogP contribution in [0.5, 0.6) is 0 Å². The van der Waals surface area contributed by atoms with Crippen LogP contribution < -0.4 is 0 Å². The van der Waals surface area contributed by atoms with Crippen LogP contribution >= 0.6 is 15.9 Å². The lowest BCUT2D eigenvalue weighted by Gasteiger charge is -2.35. The Morgan fingerprint density at radius 2 is 1.70 bits per heavy atom. The van der Waals surface area contributed by atoms with E-state index in [9.17, 15) is 9.18 Å². The molecule has 2 aliphatic rings. The van der Waals surface area contributed by atoms with E-state index in [4.69, 9.17) is 0 Å². The van der Waals surface area contributed by atoms with Crippen LogP contribution in [0.1, 0.15) is 18.4 Å². The lowest BCUT2D eigenvalue weighted by atomic mass is 10.2. The molecule has 1 aromatic carbocycles. The van der Waals surface area contributed by atoms with E-state index >= 15 is 0 Å². The van der Waals surface area contributed by atoms with Crippen molar-refractivity contribution in [2.45, 2.75) is 19.4 Å². The number of nitrogens with zero attached hydrogens (tertiary/aromatic N) is 3. The smallest absolute Gasteiger partial charge is 0.236 e. The summed E-state index contributed by atoms with van der Waals surface area (Å²) in [5.41, 5.74) is 1.10. The van der Waals surface area contributed by atoms with Gasteiger partial charge in [-0.25, -0.2) is 4.39 Å². The number of carbonyl (C=O) groups excluding carboxylic acids is 1. The van der Waals surface area contributed by atoms with Gasteiger partial charge in [0.15, 0.2) is 0 Å². The summed E-state index contributed by atoms with van der Waals surface area (Å²) < 4.78 is 14.0. The van der Waals surface area contributed by atoms with Crippen LogP contribution in [0.4, 0.5) is 4.39 Å². The minimum Gasteiger partial charge on any atom is -0.342 e. The van der Waals surface area contributed by atoms with Crippen molar-refractivity contribution < 1.29 is 9.18 Å². The largest absolute Gasteiger partial charge is 0.342 e. The fourth-order valence-electron chi connectivity index (χ4n) is 3.25. The number of piperazine rings is 1. The molecule has 3 rings (SSSR count). The number of rotatable bonds is 4. The summed E-state index contributed by atoms with van der Waals surface area (Å²) in [5, 5.41) is 0. The van der Waals surface area contributed by atoms with Gasteiger partial charge in [0.25, 0.3) is 0 Å². The third kappa shape index (κ3) is 4.52.